The maximum absolute atomic E-state index is 11.7. The van der Waals surface area contributed by atoms with Crippen LogP contribution in [0.2, 0.25) is 0 Å². The molecule has 0 spiro atoms. The van der Waals surface area contributed by atoms with Gasteiger partial charge in [0, 0.05) is 31.2 Å². The molecule has 7 heteroatoms. The molecule has 28 heavy (non-hydrogen) atoms. The third kappa shape index (κ3) is 4.46. The van der Waals surface area contributed by atoms with Crippen molar-refractivity contribution in [2.24, 2.45) is 11.8 Å². The summed E-state index contributed by atoms with van der Waals surface area (Å²) in [5, 5.41) is 0. The van der Waals surface area contributed by atoms with E-state index in [1.54, 1.807) is 18.2 Å². The molecule has 3 atom stereocenters. The van der Waals surface area contributed by atoms with Gasteiger partial charge in [-0.25, -0.2) is 18.4 Å². The van der Waals surface area contributed by atoms with E-state index in [1.807, 2.05) is 24.5 Å². The van der Waals surface area contributed by atoms with Crippen molar-refractivity contribution in [1.29, 1.82) is 0 Å². The van der Waals surface area contributed by atoms with Gasteiger partial charge >= 0.3 is 0 Å². The quantitative estimate of drug-likeness (QED) is 0.708. The molecule has 4 rings (SSSR count). The maximum atomic E-state index is 11.7. The highest BCUT2D eigenvalue weighted by Crippen LogP contribution is 2.48. The van der Waals surface area contributed by atoms with Gasteiger partial charge in [-0.1, -0.05) is 6.07 Å². The Labute approximate surface area is 166 Å². The van der Waals surface area contributed by atoms with Crippen LogP contribution < -0.4 is 9.64 Å². The van der Waals surface area contributed by atoms with Crippen LogP contribution in [-0.2, 0) is 9.84 Å². The predicted octanol–water partition coefficient (Wildman–Crippen LogP) is 3.34. The zero-order valence-electron chi connectivity index (χ0n) is 16.2. The molecule has 0 amide bonds. The number of nitrogens with zero attached hydrogens (tertiary/aromatic N) is 3. The molecular weight excluding hydrogens is 374 g/mol. The summed E-state index contributed by atoms with van der Waals surface area (Å²) in [6.07, 6.45) is 10.7. The smallest absolute Gasteiger partial charge is 0.225 e. The third-order valence-corrected chi connectivity index (χ3v) is 6.93. The summed E-state index contributed by atoms with van der Waals surface area (Å²) in [4.78, 5) is 11.6. The Morgan fingerprint density at radius 2 is 2.00 bits per heavy atom. The molecule has 6 nitrogen and oxygen atoms in total. The lowest BCUT2D eigenvalue weighted by atomic mass is 9.97. The zero-order chi connectivity index (χ0) is 19.6. The first-order valence-electron chi connectivity index (χ1n) is 9.99. The molecule has 2 heterocycles. The van der Waals surface area contributed by atoms with Crippen molar-refractivity contribution in [1.82, 2.24) is 9.97 Å². The number of hydrogen-bond acceptors (Lipinski definition) is 6. The van der Waals surface area contributed by atoms with Crippen molar-refractivity contribution in [3.63, 3.8) is 0 Å². The van der Waals surface area contributed by atoms with Gasteiger partial charge in [0.05, 0.1) is 11.5 Å². The van der Waals surface area contributed by atoms with Crippen LogP contribution in [0.5, 0.6) is 5.75 Å². The second-order valence-electron chi connectivity index (χ2n) is 7.85. The second-order valence-corrected chi connectivity index (χ2v) is 9.86. The lowest BCUT2D eigenvalue weighted by Crippen LogP contribution is -2.42. The van der Waals surface area contributed by atoms with Gasteiger partial charge in [0.2, 0.25) is 5.95 Å². The van der Waals surface area contributed by atoms with Crippen molar-refractivity contribution >= 4 is 15.8 Å². The summed E-state index contributed by atoms with van der Waals surface area (Å²) in [5.41, 5.74) is 0. The fraction of sp³-hybridized carbons (Fsp3) is 0.524. The topological polar surface area (TPSA) is 72.4 Å². The van der Waals surface area contributed by atoms with E-state index < -0.39 is 9.84 Å². The number of hydrogen-bond donors (Lipinski definition) is 0. The molecule has 2 fully saturated rings. The largest absolute Gasteiger partial charge is 0.494 e. The molecule has 2 aliphatic rings. The Kier molecular flexibility index (Phi) is 5.53. The average Bonchev–Trinajstić information content (AvgIpc) is 3.48. The Bertz CT molecular complexity index is 904. The summed E-state index contributed by atoms with van der Waals surface area (Å²) in [6, 6.07) is 9.13. The first-order valence-corrected chi connectivity index (χ1v) is 11.9. The van der Waals surface area contributed by atoms with E-state index in [1.165, 1.54) is 31.9 Å². The van der Waals surface area contributed by atoms with E-state index in [0.29, 0.717) is 35.1 Å². The van der Waals surface area contributed by atoms with Crippen LogP contribution in [0.15, 0.2) is 47.6 Å². The number of rotatable bonds is 7. The predicted molar refractivity (Wildman–Crippen MR) is 108 cm³/mol. The Balaban J connectivity index is 1.31. The van der Waals surface area contributed by atoms with E-state index in [9.17, 15) is 8.42 Å². The van der Waals surface area contributed by atoms with Crippen LogP contribution in [0.25, 0.3) is 0 Å². The molecule has 3 unspecified atom stereocenters. The summed E-state index contributed by atoms with van der Waals surface area (Å²) < 4.78 is 29.2. The van der Waals surface area contributed by atoms with Crippen LogP contribution >= 0.6 is 0 Å². The van der Waals surface area contributed by atoms with E-state index >= 15 is 0 Å². The molecule has 0 radical (unpaired) electrons. The van der Waals surface area contributed by atoms with E-state index in [2.05, 4.69) is 14.9 Å². The van der Waals surface area contributed by atoms with Crippen LogP contribution in [0.4, 0.5) is 5.95 Å². The van der Waals surface area contributed by atoms with Gasteiger partial charge in [-0.2, -0.15) is 0 Å². The monoisotopic (exact) mass is 401 g/mol. The first kappa shape index (κ1) is 19.2. The van der Waals surface area contributed by atoms with E-state index in [0.717, 1.165) is 18.9 Å². The Morgan fingerprint density at radius 3 is 2.79 bits per heavy atom. The van der Waals surface area contributed by atoms with Crippen LogP contribution in [0.1, 0.15) is 32.1 Å². The van der Waals surface area contributed by atoms with Gasteiger partial charge in [-0.15, -0.1) is 0 Å². The fourth-order valence-corrected chi connectivity index (χ4v) is 4.94. The normalized spacial score (nSPS) is 24.8. The average molecular weight is 402 g/mol. The molecule has 1 aromatic heterocycles. The van der Waals surface area contributed by atoms with Crippen molar-refractivity contribution < 1.29 is 13.2 Å². The molecule has 1 aromatic carbocycles. The number of benzene rings is 1. The standard InChI is InChI=1S/C21H27N3O3S/c1-28(25,26)18-7-4-6-17(15-18)27-13-9-16-14-19(16)20-8-2-3-12-24(20)21-22-10-5-11-23-21/h4-7,10-11,15-16,19-20H,2-3,8-9,12-14H2,1H3. The summed E-state index contributed by atoms with van der Waals surface area (Å²) in [7, 11) is -3.21. The summed E-state index contributed by atoms with van der Waals surface area (Å²) >= 11 is 0. The molecule has 0 bridgehead atoms. The van der Waals surface area contributed by atoms with Gasteiger partial charge < -0.3 is 9.64 Å². The highest BCUT2D eigenvalue weighted by molar-refractivity contribution is 7.90. The fourth-order valence-electron chi connectivity index (χ4n) is 4.29. The molecule has 1 saturated carbocycles. The Morgan fingerprint density at radius 1 is 1.18 bits per heavy atom. The molecular formula is C21H27N3O3S. The minimum atomic E-state index is -3.21. The van der Waals surface area contributed by atoms with Gasteiger partial charge in [-0.3, -0.25) is 0 Å². The van der Waals surface area contributed by atoms with Gasteiger partial charge in [0.15, 0.2) is 9.84 Å². The Hall–Kier alpha value is -2.15. The number of anilines is 1. The second kappa shape index (κ2) is 8.07. The highest BCUT2D eigenvalue weighted by Gasteiger charge is 2.45. The third-order valence-electron chi connectivity index (χ3n) is 5.82. The van der Waals surface area contributed by atoms with Crippen molar-refractivity contribution in [2.45, 2.75) is 43.0 Å². The van der Waals surface area contributed by atoms with E-state index in [-0.39, 0.29) is 0 Å². The number of piperidine rings is 1. The first-order chi connectivity index (χ1) is 13.5. The highest BCUT2D eigenvalue weighted by atomic mass is 32.2. The summed E-state index contributed by atoms with van der Waals surface area (Å²) in [6.45, 7) is 1.65. The molecule has 1 aliphatic heterocycles. The molecule has 150 valence electrons. The zero-order valence-corrected chi connectivity index (χ0v) is 17.0. The number of sulfone groups is 1. The minimum Gasteiger partial charge on any atom is -0.494 e. The van der Waals surface area contributed by atoms with Crippen LogP contribution in [-0.4, -0.2) is 43.8 Å². The lowest BCUT2D eigenvalue weighted by molar-refractivity contribution is 0.292. The number of ether oxygens (including phenoxy) is 1. The van der Waals surface area contributed by atoms with Gasteiger partial charge in [0.25, 0.3) is 0 Å². The van der Waals surface area contributed by atoms with Gasteiger partial charge in [-0.05, 0) is 68.2 Å². The SMILES string of the molecule is CS(=O)(=O)c1cccc(OCCC2CC2C2CCCCN2c2ncccn2)c1. The van der Waals surface area contributed by atoms with Crippen molar-refractivity contribution in [2.75, 3.05) is 24.3 Å². The molecule has 1 aliphatic carbocycles. The molecule has 0 N–H and O–H groups in total. The number of aromatic nitrogens is 2. The van der Waals surface area contributed by atoms with Crippen LogP contribution in [0, 0.1) is 11.8 Å². The summed E-state index contributed by atoms with van der Waals surface area (Å²) in [5.74, 6) is 2.81. The van der Waals surface area contributed by atoms with Gasteiger partial charge in [0.1, 0.15) is 5.75 Å². The van der Waals surface area contributed by atoms with E-state index in [4.69, 9.17) is 4.74 Å². The van der Waals surface area contributed by atoms with Crippen molar-refractivity contribution in [3.05, 3.63) is 42.7 Å². The maximum Gasteiger partial charge on any atom is 0.225 e. The molecule has 2 aromatic rings. The lowest BCUT2D eigenvalue weighted by Gasteiger charge is -2.36. The molecule has 1 saturated heterocycles. The van der Waals surface area contributed by atoms with Crippen molar-refractivity contribution in [3.8, 4) is 5.75 Å². The van der Waals surface area contributed by atoms with Crippen LogP contribution in [0.3, 0.4) is 0 Å². The minimum absolute atomic E-state index is 0.301.